The number of ether oxygens (including phenoxy) is 2. The van der Waals surface area contributed by atoms with Crippen LogP contribution < -0.4 is 14.9 Å². The lowest BCUT2D eigenvalue weighted by molar-refractivity contribution is 0.133. The zero-order valence-corrected chi connectivity index (χ0v) is 14.6. The summed E-state index contributed by atoms with van der Waals surface area (Å²) in [6.45, 7) is 2.24. The van der Waals surface area contributed by atoms with E-state index in [1.807, 2.05) is 6.07 Å². The number of nitrogens with zero attached hydrogens (tertiary/aromatic N) is 2. The summed E-state index contributed by atoms with van der Waals surface area (Å²) >= 11 is 12.8. The summed E-state index contributed by atoms with van der Waals surface area (Å²) in [4.78, 5) is 2.50. The van der Waals surface area contributed by atoms with E-state index in [4.69, 9.17) is 32.7 Å². The molecule has 2 bridgehead atoms. The molecule has 0 spiro atoms. The van der Waals surface area contributed by atoms with Crippen LogP contribution in [0.1, 0.15) is 24.4 Å². The minimum Gasteiger partial charge on any atom is -0.495 e. The van der Waals surface area contributed by atoms with Crippen LogP contribution in [-0.2, 0) is 0 Å². The molecular weight excluding hydrogens is 337 g/mol. The maximum Gasteiger partial charge on any atom is 0.159 e. The van der Waals surface area contributed by atoms with Gasteiger partial charge in [0.15, 0.2) is 5.75 Å². The summed E-state index contributed by atoms with van der Waals surface area (Å²) in [7, 11) is 3.16. The first-order valence-electron chi connectivity index (χ1n) is 7.82. The van der Waals surface area contributed by atoms with Crippen molar-refractivity contribution >= 4 is 28.9 Å². The molecule has 3 fully saturated rings. The molecule has 0 radical (unpaired) electrons. The largest absolute Gasteiger partial charge is 0.495 e. The average Bonchev–Trinajstić information content (AvgIpc) is 3.03. The predicted molar refractivity (Wildman–Crippen MR) is 91.0 cm³/mol. The molecule has 0 saturated carbocycles. The maximum absolute atomic E-state index is 6.44. The number of hydrogen-bond donors (Lipinski definition) is 1. The first-order chi connectivity index (χ1) is 11.2. The van der Waals surface area contributed by atoms with Crippen molar-refractivity contribution in [3.05, 3.63) is 21.7 Å². The molecule has 3 saturated heterocycles. The molecule has 4 aliphatic heterocycles. The van der Waals surface area contributed by atoms with Crippen LogP contribution in [0.2, 0.25) is 10.0 Å². The Bertz CT molecular complexity index is 672. The van der Waals surface area contributed by atoms with E-state index in [0.29, 0.717) is 27.5 Å². The highest BCUT2D eigenvalue weighted by molar-refractivity contribution is 6.38. The number of methoxy groups -OCH3 is 2. The number of rotatable bonds is 3. The molecule has 0 aromatic heterocycles. The van der Waals surface area contributed by atoms with Crippen molar-refractivity contribution < 1.29 is 9.47 Å². The van der Waals surface area contributed by atoms with E-state index in [1.54, 1.807) is 14.2 Å². The Morgan fingerprint density at radius 3 is 2.52 bits per heavy atom. The van der Waals surface area contributed by atoms with Gasteiger partial charge in [0.05, 0.1) is 37.0 Å². The van der Waals surface area contributed by atoms with Crippen LogP contribution in [0.15, 0.2) is 11.2 Å². The van der Waals surface area contributed by atoms with E-state index in [-0.39, 0.29) is 12.1 Å². The van der Waals surface area contributed by atoms with Gasteiger partial charge >= 0.3 is 0 Å². The van der Waals surface area contributed by atoms with Gasteiger partial charge in [0.2, 0.25) is 0 Å². The second-order valence-electron chi connectivity index (χ2n) is 6.23. The molecule has 2 unspecified atom stereocenters. The SMILES string of the molecule is COc1c(Cl)cc(C2NN=C3C4CCN(CC4)C32)c(OC)c1Cl. The topological polar surface area (TPSA) is 46.1 Å². The van der Waals surface area contributed by atoms with Gasteiger partial charge in [0.25, 0.3) is 0 Å². The Hall–Kier alpha value is -1.17. The quantitative estimate of drug-likeness (QED) is 0.904. The van der Waals surface area contributed by atoms with Crippen LogP contribution in [0.3, 0.4) is 0 Å². The number of hydrogen-bond acceptors (Lipinski definition) is 5. The molecule has 124 valence electrons. The fourth-order valence-corrected chi connectivity index (χ4v) is 4.83. The Morgan fingerprint density at radius 1 is 1.17 bits per heavy atom. The van der Waals surface area contributed by atoms with Crippen LogP contribution in [0.4, 0.5) is 0 Å². The van der Waals surface area contributed by atoms with Gasteiger partial charge in [0.1, 0.15) is 10.8 Å². The zero-order chi connectivity index (χ0) is 16.1. The molecular formula is C16H19Cl2N3O2. The summed E-state index contributed by atoms with van der Waals surface area (Å²) in [6, 6.07) is 2.14. The van der Waals surface area contributed by atoms with Crippen molar-refractivity contribution in [1.82, 2.24) is 10.3 Å². The van der Waals surface area contributed by atoms with Crippen molar-refractivity contribution in [2.24, 2.45) is 11.0 Å². The van der Waals surface area contributed by atoms with Crippen LogP contribution in [0.25, 0.3) is 0 Å². The van der Waals surface area contributed by atoms with E-state index in [1.165, 1.54) is 18.6 Å². The summed E-state index contributed by atoms with van der Waals surface area (Å²) < 4.78 is 10.9. The number of benzene rings is 1. The molecule has 0 aliphatic carbocycles. The molecule has 1 N–H and O–H groups in total. The molecule has 5 nitrogen and oxygen atoms in total. The third-order valence-corrected chi connectivity index (χ3v) is 5.82. The number of fused-ring (bicyclic) bond motifs is 2. The Morgan fingerprint density at radius 2 is 1.87 bits per heavy atom. The number of halogens is 2. The highest BCUT2D eigenvalue weighted by Crippen LogP contribution is 2.47. The number of nitrogens with one attached hydrogen (secondary N) is 1. The number of piperidine rings is 3. The van der Waals surface area contributed by atoms with Crippen LogP contribution in [0, 0.1) is 5.92 Å². The highest BCUT2D eigenvalue weighted by Gasteiger charge is 2.47. The lowest BCUT2D eigenvalue weighted by Crippen LogP contribution is -2.56. The molecule has 7 heteroatoms. The third-order valence-electron chi connectivity index (χ3n) is 5.20. The van der Waals surface area contributed by atoms with E-state index >= 15 is 0 Å². The van der Waals surface area contributed by atoms with Gasteiger partial charge < -0.3 is 14.9 Å². The molecule has 5 rings (SSSR count). The standard InChI is InChI=1S/C16H19Cl2N3O2/c1-22-15-9(7-10(17)16(23-2)11(15)18)13-14-12(19-20-13)8-3-5-21(14)6-4-8/h7-8,13-14,20H,3-6H2,1-2H3. The van der Waals surface area contributed by atoms with Crippen LogP contribution >= 0.6 is 23.2 Å². The van der Waals surface area contributed by atoms with Gasteiger partial charge in [-0.05, 0) is 32.0 Å². The minimum absolute atomic E-state index is 0.00366. The summed E-state index contributed by atoms with van der Waals surface area (Å²) in [5.74, 6) is 1.64. The normalized spacial score (nSPS) is 31.4. The Kier molecular flexibility index (Phi) is 3.82. The van der Waals surface area contributed by atoms with Gasteiger partial charge in [-0.1, -0.05) is 23.2 Å². The molecule has 1 aromatic rings. The van der Waals surface area contributed by atoms with Gasteiger partial charge in [-0.2, -0.15) is 5.10 Å². The van der Waals surface area contributed by atoms with Gasteiger partial charge in [0, 0.05) is 11.5 Å². The van der Waals surface area contributed by atoms with Gasteiger partial charge in [-0.3, -0.25) is 4.90 Å². The molecule has 0 amide bonds. The molecule has 2 atom stereocenters. The average molecular weight is 356 g/mol. The summed E-state index contributed by atoms with van der Waals surface area (Å²) in [6.07, 6.45) is 2.40. The first-order valence-corrected chi connectivity index (χ1v) is 8.58. The van der Waals surface area contributed by atoms with E-state index in [0.717, 1.165) is 18.7 Å². The first kappa shape index (κ1) is 15.4. The highest BCUT2D eigenvalue weighted by atomic mass is 35.5. The van der Waals surface area contributed by atoms with E-state index in [9.17, 15) is 0 Å². The van der Waals surface area contributed by atoms with Crippen LogP contribution in [0.5, 0.6) is 11.5 Å². The number of hydrazone groups is 1. The minimum atomic E-state index is 0.00366. The van der Waals surface area contributed by atoms with Crippen molar-refractivity contribution in [2.75, 3.05) is 27.3 Å². The Balaban J connectivity index is 1.77. The molecule has 1 aromatic carbocycles. The smallest absolute Gasteiger partial charge is 0.159 e. The van der Waals surface area contributed by atoms with Crippen LogP contribution in [-0.4, -0.2) is 44.0 Å². The Labute approximate surface area is 145 Å². The second kappa shape index (κ2) is 5.72. The lowest BCUT2D eigenvalue weighted by Gasteiger charge is -2.45. The predicted octanol–water partition coefficient (Wildman–Crippen LogP) is 3.11. The fourth-order valence-electron chi connectivity index (χ4n) is 4.12. The summed E-state index contributed by atoms with van der Waals surface area (Å²) in [5, 5.41) is 5.52. The third kappa shape index (κ3) is 2.21. The molecule has 23 heavy (non-hydrogen) atoms. The zero-order valence-electron chi connectivity index (χ0n) is 13.1. The fraction of sp³-hybridized carbons (Fsp3) is 0.562. The van der Waals surface area contributed by atoms with Gasteiger partial charge in [-0.25, -0.2) is 0 Å². The monoisotopic (exact) mass is 355 g/mol. The molecule has 4 heterocycles. The maximum atomic E-state index is 6.44. The summed E-state index contributed by atoms with van der Waals surface area (Å²) in [5.41, 5.74) is 5.48. The van der Waals surface area contributed by atoms with Crippen molar-refractivity contribution in [3.63, 3.8) is 0 Å². The second-order valence-corrected chi connectivity index (χ2v) is 7.01. The van der Waals surface area contributed by atoms with Crippen molar-refractivity contribution in [1.29, 1.82) is 0 Å². The van der Waals surface area contributed by atoms with Crippen molar-refractivity contribution in [2.45, 2.75) is 24.9 Å². The van der Waals surface area contributed by atoms with E-state index in [2.05, 4.69) is 15.4 Å². The van der Waals surface area contributed by atoms with Crippen molar-refractivity contribution in [3.8, 4) is 11.5 Å². The van der Waals surface area contributed by atoms with Gasteiger partial charge in [-0.15, -0.1) is 0 Å². The lowest BCUT2D eigenvalue weighted by atomic mass is 9.78. The van der Waals surface area contributed by atoms with E-state index < -0.39 is 0 Å². The molecule has 4 aliphatic rings.